The minimum absolute atomic E-state index is 0.424. The first kappa shape index (κ1) is 17.0. The lowest BCUT2D eigenvalue weighted by atomic mass is 9.84. The number of ether oxygens (including phenoxy) is 1. The van der Waals surface area contributed by atoms with Crippen molar-refractivity contribution in [1.29, 1.82) is 0 Å². The lowest BCUT2D eigenvalue weighted by Crippen LogP contribution is -2.21. The molecule has 1 aromatic rings. The molecule has 1 fully saturated rings. The number of benzene rings is 1. The number of rotatable bonds is 8. The smallest absolute Gasteiger partial charge is 0.142 e. The Bertz CT molecular complexity index is 453. The minimum Gasteiger partial charge on any atom is -0.374 e. The van der Waals surface area contributed by atoms with Crippen LogP contribution >= 0.6 is 0 Å². The van der Waals surface area contributed by atoms with Crippen LogP contribution in [-0.2, 0) is 22.6 Å². The molecule has 0 aliphatic heterocycles. The molecule has 22 heavy (non-hydrogen) atoms. The van der Waals surface area contributed by atoms with Crippen LogP contribution in [-0.4, -0.2) is 12.4 Å². The van der Waals surface area contributed by atoms with Gasteiger partial charge in [-0.3, -0.25) is 4.79 Å². The van der Waals surface area contributed by atoms with Crippen molar-refractivity contribution in [2.75, 3.05) is 0 Å². The van der Waals surface area contributed by atoms with Crippen LogP contribution in [0.3, 0.4) is 0 Å². The second kappa shape index (κ2) is 9.58. The molecule has 0 bridgehead atoms. The van der Waals surface area contributed by atoms with E-state index in [0.717, 1.165) is 31.7 Å². The Balaban J connectivity index is 1.64. The van der Waals surface area contributed by atoms with E-state index in [0.29, 0.717) is 6.10 Å². The Morgan fingerprint density at radius 3 is 2.41 bits per heavy atom. The predicted octanol–water partition coefficient (Wildman–Crippen LogP) is 4.86. The molecule has 0 amide bonds. The van der Waals surface area contributed by atoms with E-state index >= 15 is 0 Å². The van der Waals surface area contributed by atoms with Crippen LogP contribution in [0.25, 0.3) is 0 Å². The van der Waals surface area contributed by atoms with Crippen LogP contribution in [0.4, 0.5) is 0 Å². The Hall–Kier alpha value is -1.41. The topological polar surface area (TPSA) is 26.3 Å². The van der Waals surface area contributed by atoms with E-state index in [9.17, 15) is 4.79 Å². The molecule has 0 unspecified atom stereocenters. The van der Waals surface area contributed by atoms with Crippen LogP contribution in [0.15, 0.2) is 36.4 Å². The first-order chi connectivity index (χ1) is 10.8. The van der Waals surface area contributed by atoms with E-state index in [-0.39, 0.29) is 0 Å². The highest BCUT2D eigenvalue weighted by molar-refractivity contribution is 5.64. The summed E-state index contributed by atoms with van der Waals surface area (Å²) in [5, 5.41) is 0. The van der Waals surface area contributed by atoms with E-state index in [1.54, 1.807) is 6.08 Å². The Labute approximate surface area is 134 Å². The molecule has 0 radical (unpaired) electrons. The maximum atomic E-state index is 10.2. The van der Waals surface area contributed by atoms with Gasteiger partial charge in [-0.05, 0) is 68.1 Å². The number of aldehydes is 1. The molecule has 0 N–H and O–H groups in total. The zero-order chi connectivity index (χ0) is 15.6. The van der Waals surface area contributed by atoms with Gasteiger partial charge in [0.15, 0.2) is 0 Å². The molecule has 0 atom stereocenters. The highest BCUT2D eigenvalue weighted by Crippen LogP contribution is 2.30. The van der Waals surface area contributed by atoms with Gasteiger partial charge in [0.25, 0.3) is 0 Å². The van der Waals surface area contributed by atoms with Crippen molar-refractivity contribution in [3.63, 3.8) is 0 Å². The molecule has 1 saturated carbocycles. The summed E-state index contributed by atoms with van der Waals surface area (Å²) in [6.45, 7) is 2.92. The maximum Gasteiger partial charge on any atom is 0.142 e. The minimum atomic E-state index is 0.424. The molecule has 1 aromatic carbocycles. The average Bonchev–Trinajstić information content (AvgIpc) is 2.58. The maximum absolute atomic E-state index is 10.2. The van der Waals surface area contributed by atoms with E-state index in [1.165, 1.54) is 43.2 Å². The highest BCUT2D eigenvalue weighted by atomic mass is 16.5. The monoisotopic (exact) mass is 300 g/mol. The van der Waals surface area contributed by atoms with Crippen molar-refractivity contribution >= 4 is 6.29 Å². The summed E-state index contributed by atoms with van der Waals surface area (Å²) >= 11 is 0. The molecule has 0 heterocycles. The third-order valence-corrected chi connectivity index (χ3v) is 4.67. The van der Waals surface area contributed by atoms with Crippen molar-refractivity contribution in [2.24, 2.45) is 5.92 Å². The largest absolute Gasteiger partial charge is 0.374 e. The van der Waals surface area contributed by atoms with Crippen molar-refractivity contribution in [1.82, 2.24) is 0 Å². The van der Waals surface area contributed by atoms with Gasteiger partial charge in [0, 0.05) is 0 Å². The lowest BCUT2D eigenvalue weighted by molar-refractivity contribution is -0.104. The Morgan fingerprint density at radius 2 is 1.77 bits per heavy atom. The van der Waals surface area contributed by atoms with Crippen molar-refractivity contribution in [2.45, 2.75) is 64.6 Å². The van der Waals surface area contributed by atoms with Crippen LogP contribution < -0.4 is 0 Å². The van der Waals surface area contributed by atoms with Crippen molar-refractivity contribution < 1.29 is 9.53 Å². The quantitative estimate of drug-likeness (QED) is 0.506. The van der Waals surface area contributed by atoms with Crippen molar-refractivity contribution in [3.05, 3.63) is 47.5 Å². The fraction of sp³-hybridized carbons (Fsp3) is 0.550. The van der Waals surface area contributed by atoms with E-state index in [2.05, 4.69) is 31.2 Å². The normalized spacial score (nSPS) is 22.0. The molecule has 1 aliphatic rings. The number of carbonyl (C=O) groups excluding carboxylic acids is 1. The number of aryl methyl sites for hydroxylation is 1. The molecule has 2 nitrogen and oxygen atoms in total. The molecule has 0 saturated heterocycles. The van der Waals surface area contributed by atoms with Crippen LogP contribution in [0.1, 0.15) is 56.6 Å². The van der Waals surface area contributed by atoms with Gasteiger partial charge < -0.3 is 4.74 Å². The zero-order valence-electron chi connectivity index (χ0n) is 13.7. The molecule has 2 rings (SSSR count). The molecule has 120 valence electrons. The number of hydrogen-bond acceptors (Lipinski definition) is 2. The van der Waals surface area contributed by atoms with E-state index in [4.69, 9.17) is 4.74 Å². The molecule has 1 aliphatic carbocycles. The zero-order valence-corrected chi connectivity index (χ0v) is 13.7. The number of carbonyl (C=O) groups is 1. The summed E-state index contributed by atoms with van der Waals surface area (Å²) in [6, 6.07) is 8.76. The third-order valence-electron chi connectivity index (χ3n) is 4.67. The highest BCUT2D eigenvalue weighted by Gasteiger charge is 2.21. The van der Waals surface area contributed by atoms with Gasteiger partial charge in [0.1, 0.15) is 6.29 Å². The molecule has 0 aromatic heterocycles. The van der Waals surface area contributed by atoms with Crippen molar-refractivity contribution in [3.8, 4) is 0 Å². The fourth-order valence-electron chi connectivity index (χ4n) is 3.16. The van der Waals surface area contributed by atoms with Gasteiger partial charge in [-0.2, -0.15) is 0 Å². The standard InChI is InChI=1S/C20H28O2/c1-2-17-7-9-19(10-8-17)16-22-20-13-11-18(12-14-20)6-4-3-5-15-21/h3,5,7-10,15,18,20H,2,4,6,11-14,16H2,1H3/t18-,20-. The summed E-state index contributed by atoms with van der Waals surface area (Å²) in [7, 11) is 0. The summed E-state index contributed by atoms with van der Waals surface area (Å²) in [4.78, 5) is 10.2. The van der Waals surface area contributed by atoms with E-state index in [1.807, 2.05) is 6.08 Å². The van der Waals surface area contributed by atoms with Gasteiger partial charge in [-0.15, -0.1) is 0 Å². The third kappa shape index (κ3) is 5.76. The van der Waals surface area contributed by atoms with Gasteiger partial charge in [0.2, 0.25) is 0 Å². The molecular weight excluding hydrogens is 272 g/mol. The number of hydrogen-bond donors (Lipinski definition) is 0. The van der Waals surface area contributed by atoms with Crippen LogP contribution in [0.5, 0.6) is 0 Å². The van der Waals surface area contributed by atoms with Gasteiger partial charge in [-0.1, -0.05) is 37.3 Å². The molecule has 0 spiro atoms. The van der Waals surface area contributed by atoms with E-state index < -0.39 is 0 Å². The van der Waals surface area contributed by atoms with Gasteiger partial charge in [0.05, 0.1) is 12.7 Å². The average molecular weight is 300 g/mol. The second-order valence-corrected chi connectivity index (χ2v) is 6.27. The van der Waals surface area contributed by atoms with Crippen LogP contribution in [0, 0.1) is 5.92 Å². The second-order valence-electron chi connectivity index (χ2n) is 6.27. The first-order valence-electron chi connectivity index (χ1n) is 8.61. The Kier molecular flexibility index (Phi) is 7.38. The van der Waals surface area contributed by atoms with Gasteiger partial charge in [-0.25, -0.2) is 0 Å². The fourth-order valence-corrected chi connectivity index (χ4v) is 3.16. The Morgan fingerprint density at radius 1 is 1.09 bits per heavy atom. The summed E-state index contributed by atoms with van der Waals surface area (Å²) in [5.74, 6) is 0.806. The summed E-state index contributed by atoms with van der Waals surface area (Å²) < 4.78 is 6.07. The predicted molar refractivity (Wildman–Crippen MR) is 90.8 cm³/mol. The SMILES string of the molecule is CCc1ccc(CO[C@H]2CC[C@H](CCC=CC=O)CC2)cc1. The van der Waals surface area contributed by atoms with Crippen LogP contribution in [0.2, 0.25) is 0 Å². The first-order valence-corrected chi connectivity index (χ1v) is 8.61. The summed E-state index contributed by atoms with van der Waals surface area (Å²) in [6.07, 6.45) is 13.1. The van der Waals surface area contributed by atoms with Gasteiger partial charge >= 0.3 is 0 Å². The summed E-state index contributed by atoms with van der Waals surface area (Å²) in [5.41, 5.74) is 2.66. The molecular formula is C20H28O2. The molecule has 2 heteroatoms. The lowest BCUT2D eigenvalue weighted by Gasteiger charge is -2.28. The number of allylic oxidation sites excluding steroid dienone is 2.